The minimum Gasteiger partial charge on any atom is -0.349 e. The predicted molar refractivity (Wildman–Crippen MR) is 89.5 cm³/mol. The zero-order valence-corrected chi connectivity index (χ0v) is 12.9. The smallest absolute Gasteiger partial charge is 0.252 e. The molecule has 1 aromatic carbocycles. The van der Waals surface area contributed by atoms with Crippen LogP contribution in [0.25, 0.3) is 10.9 Å². The number of benzene rings is 1. The summed E-state index contributed by atoms with van der Waals surface area (Å²) in [5.41, 5.74) is 2.02. The molecule has 0 radical (unpaired) electrons. The monoisotopic (exact) mass is 312 g/mol. The van der Waals surface area contributed by atoms with Gasteiger partial charge in [-0.25, -0.2) is 0 Å². The van der Waals surface area contributed by atoms with Gasteiger partial charge in [0.2, 0.25) is 5.56 Å². The summed E-state index contributed by atoms with van der Waals surface area (Å²) in [4.78, 5) is 26.9. The summed E-state index contributed by atoms with van der Waals surface area (Å²) in [6, 6.07) is 10.7. The molecule has 2 aromatic heterocycles. The normalized spacial score (nSPS) is 12.2. The number of carbonyl (C=O) groups excluding carboxylic acids is 1. The van der Waals surface area contributed by atoms with E-state index in [1.165, 1.54) is 11.6 Å². The number of hydrogen-bond donors (Lipinski definition) is 2. The molecule has 2 N–H and O–H groups in total. The highest BCUT2D eigenvalue weighted by Crippen LogP contribution is 2.15. The van der Waals surface area contributed by atoms with Gasteiger partial charge in [0.05, 0.1) is 5.56 Å². The summed E-state index contributed by atoms with van der Waals surface area (Å²) in [6.45, 7) is 1.96. The van der Waals surface area contributed by atoms with Crippen molar-refractivity contribution < 1.29 is 4.79 Å². The number of aromatic nitrogens is 1. The first-order valence-corrected chi connectivity index (χ1v) is 8.02. The van der Waals surface area contributed by atoms with Crippen LogP contribution < -0.4 is 10.9 Å². The standard InChI is InChI=1S/C17H16N2O2S/c1-11(8-12-6-7-22-10-12)18-17(21)14-9-16(20)19-15-5-3-2-4-13(14)15/h2-7,9-11H,8H2,1H3,(H,18,21)(H,19,20)/t11-/m0/s1. The van der Waals surface area contributed by atoms with Crippen LogP contribution in [-0.2, 0) is 6.42 Å². The second-order valence-electron chi connectivity index (χ2n) is 5.30. The van der Waals surface area contributed by atoms with Crippen LogP contribution in [0.5, 0.6) is 0 Å². The molecular weight excluding hydrogens is 296 g/mol. The number of thiophene rings is 1. The van der Waals surface area contributed by atoms with E-state index in [1.54, 1.807) is 17.4 Å². The van der Waals surface area contributed by atoms with Crippen molar-refractivity contribution in [1.82, 2.24) is 10.3 Å². The Kier molecular flexibility index (Phi) is 4.06. The van der Waals surface area contributed by atoms with E-state index in [1.807, 2.05) is 30.5 Å². The summed E-state index contributed by atoms with van der Waals surface area (Å²) in [5.74, 6) is -0.218. The van der Waals surface area contributed by atoms with Gasteiger partial charge in [-0.3, -0.25) is 9.59 Å². The van der Waals surface area contributed by atoms with Gasteiger partial charge in [0, 0.05) is 23.0 Å². The second-order valence-corrected chi connectivity index (χ2v) is 6.08. The zero-order chi connectivity index (χ0) is 15.5. The Labute approximate surface area is 131 Å². The average Bonchev–Trinajstić information content (AvgIpc) is 2.98. The van der Waals surface area contributed by atoms with Crippen LogP contribution in [0.3, 0.4) is 0 Å². The van der Waals surface area contributed by atoms with Crippen LogP contribution in [0.15, 0.2) is 52.0 Å². The number of nitrogens with one attached hydrogen (secondary N) is 2. The molecule has 3 aromatic rings. The van der Waals surface area contributed by atoms with Crippen molar-refractivity contribution in [2.24, 2.45) is 0 Å². The minimum atomic E-state index is -0.269. The molecule has 112 valence electrons. The number of carbonyl (C=O) groups is 1. The lowest BCUT2D eigenvalue weighted by molar-refractivity contribution is 0.0941. The van der Waals surface area contributed by atoms with Crippen LogP contribution in [0.2, 0.25) is 0 Å². The van der Waals surface area contributed by atoms with Gasteiger partial charge in [0.1, 0.15) is 0 Å². The highest BCUT2D eigenvalue weighted by Gasteiger charge is 2.14. The molecule has 0 bridgehead atoms. The number of para-hydroxylation sites is 1. The summed E-state index contributed by atoms with van der Waals surface area (Å²) in [7, 11) is 0. The molecule has 0 spiro atoms. The topological polar surface area (TPSA) is 62.0 Å². The first kappa shape index (κ1) is 14.5. The molecule has 3 rings (SSSR count). The molecule has 0 aliphatic rings. The van der Waals surface area contributed by atoms with Crippen LogP contribution in [0, 0.1) is 0 Å². The Bertz CT molecular complexity index is 852. The number of aromatic amines is 1. The lowest BCUT2D eigenvalue weighted by atomic mass is 10.1. The van der Waals surface area contributed by atoms with Gasteiger partial charge in [-0.05, 0) is 41.8 Å². The molecule has 1 amide bonds. The van der Waals surface area contributed by atoms with Crippen molar-refractivity contribution >= 4 is 28.1 Å². The first-order valence-electron chi connectivity index (χ1n) is 7.07. The van der Waals surface area contributed by atoms with Crippen molar-refractivity contribution in [3.8, 4) is 0 Å². The fourth-order valence-corrected chi connectivity index (χ4v) is 3.19. The number of fused-ring (bicyclic) bond motifs is 1. The van der Waals surface area contributed by atoms with Gasteiger partial charge in [-0.15, -0.1) is 0 Å². The molecule has 0 saturated carbocycles. The summed E-state index contributed by atoms with van der Waals surface area (Å²) in [5, 5.41) is 7.82. The highest BCUT2D eigenvalue weighted by molar-refractivity contribution is 7.07. The zero-order valence-electron chi connectivity index (χ0n) is 12.1. The number of hydrogen-bond acceptors (Lipinski definition) is 3. The van der Waals surface area contributed by atoms with Crippen LogP contribution in [-0.4, -0.2) is 16.9 Å². The maximum Gasteiger partial charge on any atom is 0.252 e. The molecule has 1 atom stereocenters. The molecule has 0 saturated heterocycles. The van der Waals surface area contributed by atoms with E-state index in [0.29, 0.717) is 11.1 Å². The Morgan fingerprint density at radius 2 is 2.14 bits per heavy atom. The molecule has 5 heteroatoms. The van der Waals surface area contributed by atoms with Crippen molar-refractivity contribution in [1.29, 1.82) is 0 Å². The Hall–Kier alpha value is -2.40. The minimum absolute atomic E-state index is 0.000139. The molecular formula is C17H16N2O2S. The third kappa shape index (κ3) is 3.09. The maximum absolute atomic E-state index is 12.5. The van der Waals surface area contributed by atoms with E-state index in [9.17, 15) is 9.59 Å². The van der Waals surface area contributed by atoms with Crippen molar-refractivity contribution in [3.63, 3.8) is 0 Å². The molecule has 0 fully saturated rings. The van der Waals surface area contributed by atoms with Crippen LogP contribution in [0.4, 0.5) is 0 Å². The van der Waals surface area contributed by atoms with E-state index < -0.39 is 0 Å². The van der Waals surface area contributed by atoms with E-state index in [0.717, 1.165) is 11.8 Å². The van der Waals surface area contributed by atoms with E-state index in [2.05, 4.69) is 21.7 Å². The summed E-state index contributed by atoms with van der Waals surface area (Å²) >= 11 is 1.64. The van der Waals surface area contributed by atoms with Gasteiger partial charge >= 0.3 is 0 Å². The van der Waals surface area contributed by atoms with Gasteiger partial charge in [-0.2, -0.15) is 11.3 Å². The molecule has 0 aliphatic heterocycles. The fraction of sp³-hybridized carbons (Fsp3) is 0.176. The third-order valence-electron chi connectivity index (χ3n) is 3.49. The van der Waals surface area contributed by atoms with E-state index >= 15 is 0 Å². The van der Waals surface area contributed by atoms with Gasteiger partial charge in [0.15, 0.2) is 0 Å². The number of H-pyrrole nitrogens is 1. The number of rotatable bonds is 4. The highest BCUT2D eigenvalue weighted by atomic mass is 32.1. The van der Waals surface area contributed by atoms with Crippen molar-refractivity contribution in [3.05, 3.63) is 68.6 Å². The van der Waals surface area contributed by atoms with E-state index in [-0.39, 0.29) is 17.5 Å². The number of pyridine rings is 1. The molecule has 4 nitrogen and oxygen atoms in total. The lowest BCUT2D eigenvalue weighted by Crippen LogP contribution is -2.34. The maximum atomic E-state index is 12.5. The molecule has 0 aliphatic carbocycles. The lowest BCUT2D eigenvalue weighted by Gasteiger charge is -2.14. The third-order valence-corrected chi connectivity index (χ3v) is 4.23. The first-order chi connectivity index (χ1) is 10.6. The van der Waals surface area contributed by atoms with Gasteiger partial charge in [0.25, 0.3) is 5.91 Å². The van der Waals surface area contributed by atoms with Crippen LogP contribution in [0.1, 0.15) is 22.8 Å². The second kappa shape index (κ2) is 6.15. The molecule has 0 unspecified atom stereocenters. The molecule has 22 heavy (non-hydrogen) atoms. The van der Waals surface area contributed by atoms with Crippen molar-refractivity contribution in [2.75, 3.05) is 0 Å². The Morgan fingerprint density at radius 1 is 1.32 bits per heavy atom. The predicted octanol–water partition coefficient (Wildman–Crippen LogP) is 2.95. The average molecular weight is 312 g/mol. The Morgan fingerprint density at radius 3 is 2.91 bits per heavy atom. The number of amides is 1. The van der Waals surface area contributed by atoms with E-state index in [4.69, 9.17) is 0 Å². The van der Waals surface area contributed by atoms with Crippen molar-refractivity contribution in [2.45, 2.75) is 19.4 Å². The fourth-order valence-electron chi connectivity index (χ4n) is 2.51. The van der Waals surface area contributed by atoms with Gasteiger partial charge < -0.3 is 10.3 Å². The Balaban J connectivity index is 1.84. The largest absolute Gasteiger partial charge is 0.349 e. The summed E-state index contributed by atoms with van der Waals surface area (Å²) in [6.07, 6.45) is 0.774. The molecule has 2 heterocycles. The van der Waals surface area contributed by atoms with Gasteiger partial charge in [-0.1, -0.05) is 18.2 Å². The SMILES string of the molecule is C[C@@H](Cc1ccsc1)NC(=O)c1cc(=O)[nH]c2ccccc12. The van der Waals surface area contributed by atoms with Crippen LogP contribution >= 0.6 is 11.3 Å². The summed E-state index contributed by atoms with van der Waals surface area (Å²) < 4.78 is 0. The quantitative estimate of drug-likeness (QED) is 0.778.